The molecular formula is C39H51ClN2O9S. The van der Waals surface area contributed by atoms with E-state index < -0.39 is 42.5 Å². The van der Waals surface area contributed by atoms with Crippen molar-refractivity contribution in [3.05, 3.63) is 77.1 Å². The molecule has 4 atom stereocenters. The van der Waals surface area contributed by atoms with Gasteiger partial charge >= 0.3 is 0 Å². The molecule has 1 amide bonds. The van der Waals surface area contributed by atoms with Crippen LogP contribution < -0.4 is 4.74 Å². The molecule has 2 aliphatic rings. The molecule has 2 fully saturated rings. The third-order valence-electron chi connectivity index (χ3n) is 9.53. The van der Waals surface area contributed by atoms with Crippen LogP contribution in [0.5, 0.6) is 5.75 Å². The molecule has 0 spiro atoms. The van der Waals surface area contributed by atoms with E-state index in [1.807, 2.05) is 48.8 Å². The molecule has 2 aromatic carbocycles. The van der Waals surface area contributed by atoms with E-state index in [1.165, 1.54) is 4.90 Å². The topological polar surface area (TPSA) is 173 Å². The molecule has 1 heterocycles. The lowest BCUT2D eigenvalue weighted by Crippen LogP contribution is -2.53. The van der Waals surface area contributed by atoms with Crippen LogP contribution in [0.15, 0.2) is 65.8 Å². The summed E-state index contributed by atoms with van der Waals surface area (Å²) < 4.78 is 12.9. The molecule has 13 heteroatoms. The Labute approximate surface area is 314 Å². The number of unbranched alkanes of at least 4 members (excludes halogenated alkanes) is 3. The van der Waals surface area contributed by atoms with Gasteiger partial charge < -0.3 is 45.0 Å². The quantitative estimate of drug-likeness (QED) is 0.0596. The normalized spacial score (nSPS) is 17.3. The minimum atomic E-state index is -1.96. The van der Waals surface area contributed by atoms with E-state index in [4.69, 9.17) is 26.2 Å². The van der Waals surface area contributed by atoms with Crippen molar-refractivity contribution in [1.29, 1.82) is 0 Å². The lowest BCUT2D eigenvalue weighted by molar-refractivity contribution is -0.158. The number of thioether (sulfide) groups is 1. The average molecular weight is 759 g/mol. The second-order valence-electron chi connectivity index (χ2n) is 13.6. The molecule has 2 saturated carbocycles. The second kappa shape index (κ2) is 19.5. The van der Waals surface area contributed by atoms with E-state index in [0.717, 1.165) is 77.2 Å². The number of halogens is 1. The van der Waals surface area contributed by atoms with E-state index in [9.17, 15) is 30.3 Å². The SMILES string of the molecule is O=C([C@@H](O)[C@@H](O)[C@H](O)[C@@H](O)CO)N(CCCCO)CCCCCSc1ccc(Cl)c(COC2(c3cnccc3-c3ccccc3OC3CC3)CC2)c1. The minimum absolute atomic E-state index is 0.0398. The number of para-hydroxylation sites is 1. The molecule has 0 aliphatic heterocycles. The van der Waals surface area contributed by atoms with Gasteiger partial charge in [0.25, 0.3) is 5.91 Å². The number of aromatic nitrogens is 1. The van der Waals surface area contributed by atoms with Gasteiger partial charge in [-0.15, -0.1) is 11.8 Å². The maximum absolute atomic E-state index is 13.0. The number of pyridine rings is 1. The van der Waals surface area contributed by atoms with E-state index >= 15 is 0 Å². The number of aliphatic hydroxyl groups is 6. The van der Waals surface area contributed by atoms with Crippen LogP contribution in [0, 0.1) is 0 Å². The summed E-state index contributed by atoms with van der Waals surface area (Å²) in [4.78, 5) is 19.9. The molecule has 6 N–H and O–H groups in total. The first-order chi connectivity index (χ1) is 25.2. The number of amides is 1. The van der Waals surface area contributed by atoms with Crippen molar-refractivity contribution >= 4 is 29.3 Å². The number of nitrogens with zero attached hydrogens (tertiary/aromatic N) is 2. The zero-order valence-electron chi connectivity index (χ0n) is 29.4. The summed E-state index contributed by atoms with van der Waals surface area (Å²) in [6.45, 7) is 0.0695. The van der Waals surface area contributed by atoms with Crippen molar-refractivity contribution in [2.24, 2.45) is 0 Å². The molecule has 2 aliphatic carbocycles. The number of aliphatic hydroxyl groups excluding tert-OH is 6. The van der Waals surface area contributed by atoms with Gasteiger partial charge in [-0.1, -0.05) is 36.2 Å². The molecule has 284 valence electrons. The number of rotatable bonds is 23. The Morgan fingerprint density at radius 3 is 2.40 bits per heavy atom. The van der Waals surface area contributed by atoms with Gasteiger partial charge in [-0.05, 0) is 98.6 Å². The van der Waals surface area contributed by atoms with Crippen molar-refractivity contribution in [1.82, 2.24) is 9.88 Å². The van der Waals surface area contributed by atoms with Crippen LogP contribution in [0.25, 0.3) is 11.1 Å². The van der Waals surface area contributed by atoms with E-state index in [-0.39, 0.29) is 19.3 Å². The molecule has 0 bridgehead atoms. The Hall–Kier alpha value is -2.78. The van der Waals surface area contributed by atoms with Crippen molar-refractivity contribution in [2.45, 2.75) is 105 Å². The summed E-state index contributed by atoms with van der Waals surface area (Å²) >= 11 is 8.35. The fraction of sp³-hybridized carbons (Fsp3) is 0.538. The van der Waals surface area contributed by atoms with Crippen molar-refractivity contribution in [3.63, 3.8) is 0 Å². The Kier molecular flexibility index (Phi) is 15.2. The highest BCUT2D eigenvalue weighted by Crippen LogP contribution is 2.53. The van der Waals surface area contributed by atoms with Gasteiger partial charge in [-0.25, -0.2) is 0 Å². The molecule has 5 rings (SSSR count). The monoisotopic (exact) mass is 758 g/mol. The first kappa shape index (κ1) is 40.4. The average Bonchev–Trinajstić information content (AvgIpc) is 4.12. The van der Waals surface area contributed by atoms with Crippen LogP contribution in [0.2, 0.25) is 5.02 Å². The predicted molar refractivity (Wildman–Crippen MR) is 199 cm³/mol. The number of carbonyl (C=O) groups is 1. The Balaban J connectivity index is 1.12. The van der Waals surface area contributed by atoms with Crippen LogP contribution in [-0.4, -0.2) is 109 Å². The van der Waals surface area contributed by atoms with Gasteiger partial charge in [0.15, 0.2) is 6.10 Å². The first-order valence-corrected chi connectivity index (χ1v) is 19.5. The minimum Gasteiger partial charge on any atom is -0.490 e. The van der Waals surface area contributed by atoms with Gasteiger partial charge in [-0.2, -0.15) is 0 Å². The Bertz CT molecular complexity index is 1590. The molecule has 11 nitrogen and oxygen atoms in total. The molecule has 52 heavy (non-hydrogen) atoms. The fourth-order valence-electron chi connectivity index (χ4n) is 6.10. The zero-order valence-corrected chi connectivity index (χ0v) is 30.9. The fourth-order valence-corrected chi connectivity index (χ4v) is 7.24. The molecular weight excluding hydrogens is 708 g/mol. The first-order valence-electron chi connectivity index (χ1n) is 18.2. The van der Waals surface area contributed by atoms with Crippen molar-refractivity contribution < 1.29 is 44.9 Å². The summed E-state index contributed by atoms with van der Waals surface area (Å²) in [5.41, 5.74) is 3.65. The zero-order chi connectivity index (χ0) is 37.1. The highest BCUT2D eigenvalue weighted by atomic mass is 35.5. The van der Waals surface area contributed by atoms with E-state index in [2.05, 4.69) is 17.1 Å². The summed E-state index contributed by atoms with van der Waals surface area (Å²) in [5.74, 6) is 0.939. The van der Waals surface area contributed by atoms with Gasteiger partial charge in [0.2, 0.25) is 0 Å². The molecule has 0 radical (unpaired) electrons. The van der Waals surface area contributed by atoms with Crippen LogP contribution >= 0.6 is 23.4 Å². The summed E-state index contributed by atoms with van der Waals surface area (Å²) in [7, 11) is 0. The molecule has 1 aromatic heterocycles. The second-order valence-corrected chi connectivity index (χ2v) is 15.2. The smallest absolute Gasteiger partial charge is 0.254 e. The van der Waals surface area contributed by atoms with E-state index in [0.29, 0.717) is 37.4 Å². The summed E-state index contributed by atoms with van der Waals surface area (Å²) in [5, 5.41) is 59.0. The third kappa shape index (κ3) is 10.9. The predicted octanol–water partition coefficient (Wildman–Crippen LogP) is 4.45. The highest BCUT2D eigenvalue weighted by Gasteiger charge is 2.48. The van der Waals surface area contributed by atoms with Crippen LogP contribution in [0.3, 0.4) is 0 Å². The third-order valence-corrected chi connectivity index (χ3v) is 11.0. The lowest BCUT2D eigenvalue weighted by Gasteiger charge is -2.30. The van der Waals surface area contributed by atoms with Gasteiger partial charge in [0.1, 0.15) is 24.1 Å². The number of ether oxygens (including phenoxy) is 2. The Morgan fingerprint density at radius 2 is 1.69 bits per heavy atom. The van der Waals surface area contributed by atoms with Crippen molar-refractivity contribution in [2.75, 3.05) is 32.1 Å². The summed E-state index contributed by atoms with van der Waals surface area (Å²) in [6.07, 6.45) is 3.74. The van der Waals surface area contributed by atoms with Crippen LogP contribution in [-0.2, 0) is 21.7 Å². The number of benzene rings is 2. The number of hydrogen-bond acceptors (Lipinski definition) is 11. The van der Waals surface area contributed by atoms with Crippen LogP contribution in [0.1, 0.15) is 68.9 Å². The maximum atomic E-state index is 13.0. The Morgan fingerprint density at radius 1 is 0.942 bits per heavy atom. The standard InChI is InChI=1S/C39H51ClN2O9S/c40-32-13-12-28(52-21-7-1-4-18-42(19-5-6-20-43)38(49)37(48)36(47)35(46)33(45)24-44)22-26(32)25-50-39(15-16-39)31-23-41-17-14-29(31)30-8-2-3-9-34(30)51-27-10-11-27/h2-3,8-9,12-14,17,22-23,27,33,35-37,43-48H,1,4-7,10-11,15-16,18-21,24-25H2/t33-,35+,36-,37-/m0/s1. The van der Waals surface area contributed by atoms with Crippen LogP contribution in [0.4, 0.5) is 0 Å². The van der Waals surface area contributed by atoms with Crippen molar-refractivity contribution in [3.8, 4) is 16.9 Å². The van der Waals surface area contributed by atoms with E-state index in [1.54, 1.807) is 11.8 Å². The molecule has 0 unspecified atom stereocenters. The van der Waals surface area contributed by atoms with Gasteiger partial charge in [0.05, 0.1) is 24.9 Å². The highest BCUT2D eigenvalue weighted by molar-refractivity contribution is 7.99. The number of carbonyl (C=O) groups excluding carboxylic acids is 1. The lowest BCUT2D eigenvalue weighted by atomic mass is 9.96. The van der Waals surface area contributed by atoms with Gasteiger partial charge in [0, 0.05) is 53.1 Å². The number of hydrogen-bond donors (Lipinski definition) is 6. The molecule has 0 saturated heterocycles. The summed E-state index contributed by atoms with van der Waals surface area (Å²) in [6, 6.07) is 16.2. The van der Waals surface area contributed by atoms with Gasteiger partial charge in [-0.3, -0.25) is 9.78 Å². The maximum Gasteiger partial charge on any atom is 0.254 e. The molecule has 3 aromatic rings. The largest absolute Gasteiger partial charge is 0.490 e.